The van der Waals surface area contributed by atoms with Crippen LogP contribution in [0, 0.1) is 0 Å². The highest BCUT2D eigenvalue weighted by Crippen LogP contribution is 2.36. The molecule has 2 rings (SSSR count). The number of carbonyl (C=O) groups excluding carboxylic acids is 1. The standard InChI is InChI=1S/C13H14BrCl2NO3S/c1-17(9-2-4-10(18)5-3-9)21(19,20)13-11(15)6-8(14)7-12(13)16/h6-7,9H,2-5H2,1H3. The molecule has 0 saturated heterocycles. The van der Waals surface area contributed by atoms with Gasteiger partial charge in [0.2, 0.25) is 10.0 Å². The Morgan fingerprint density at radius 1 is 1.19 bits per heavy atom. The summed E-state index contributed by atoms with van der Waals surface area (Å²) in [7, 11) is -2.29. The molecule has 4 nitrogen and oxygen atoms in total. The first-order valence-electron chi connectivity index (χ1n) is 6.37. The van der Waals surface area contributed by atoms with Crippen LogP contribution in [-0.2, 0) is 14.8 Å². The van der Waals surface area contributed by atoms with Crippen LogP contribution in [0.1, 0.15) is 25.7 Å². The van der Waals surface area contributed by atoms with Crippen molar-refractivity contribution in [1.82, 2.24) is 4.31 Å². The molecule has 0 spiro atoms. The Morgan fingerprint density at radius 2 is 1.67 bits per heavy atom. The molecule has 0 heterocycles. The fourth-order valence-corrected chi connectivity index (χ4v) is 5.70. The first kappa shape index (κ1) is 17.2. The number of benzene rings is 1. The summed E-state index contributed by atoms with van der Waals surface area (Å²) in [6, 6.07) is 2.79. The van der Waals surface area contributed by atoms with Crippen LogP contribution in [-0.4, -0.2) is 31.6 Å². The van der Waals surface area contributed by atoms with E-state index in [-0.39, 0.29) is 26.8 Å². The van der Waals surface area contributed by atoms with Gasteiger partial charge in [-0.05, 0) is 25.0 Å². The van der Waals surface area contributed by atoms with Crippen LogP contribution in [0.5, 0.6) is 0 Å². The van der Waals surface area contributed by atoms with Crippen molar-refractivity contribution in [3.63, 3.8) is 0 Å². The van der Waals surface area contributed by atoms with Crippen LogP contribution in [0.15, 0.2) is 21.5 Å². The summed E-state index contributed by atoms with van der Waals surface area (Å²) < 4.78 is 27.3. The lowest BCUT2D eigenvalue weighted by Gasteiger charge is -2.30. The number of ketones is 1. The number of halogens is 3. The van der Waals surface area contributed by atoms with Crippen LogP contribution in [0.2, 0.25) is 10.0 Å². The van der Waals surface area contributed by atoms with E-state index in [1.54, 1.807) is 0 Å². The summed E-state index contributed by atoms with van der Waals surface area (Å²) in [6.07, 6.45) is 1.87. The van der Waals surface area contributed by atoms with Gasteiger partial charge in [-0.25, -0.2) is 8.42 Å². The minimum Gasteiger partial charge on any atom is -0.300 e. The number of nitrogens with zero attached hydrogens (tertiary/aromatic N) is 1. The van der Waals surface area contributed by atoms with Crippen molar-refractivity contribution in [3.8, 4) is 0 Å². The van der Waals surface area contributed by atoms with Crippen molar-refractivity contribution >= 4 is 54.9 Å². The van der Waals surface area contributed by atoms with E-state index in [1.807, 2.05) is 0 Å². The van der Waals surface area contributed by atoms with Crippen LogP contribution in [0.25, 0.3) is 0 Å². The van der Waals surface area contributed by atoms with Crippen LogP contribution in [0.4, 0.5) is 0 Å². The summed E-state index contributed by atoms with van der Waals surface area (Å²) in [6.45, 7) is 0. The van der Waals surface area contributed by atoms with E-state index in [0.717, 1.165) is 0 Å². The highest BCUT2D eigenvalue weighted by molar-refractivity contribution is 9.10. The molecule has 1 aromatic carbocycles. The van der Waals surface area contributed by atoms with E-state index < -0.39 is 10.0 Å². The molecule has 1 aromatic rings. The van der Waals surface area contributed by atoms with Gasteiger partial charge in [-0.2, -0.15) is 4.31 Å². The molecule has 0 radical (unpaired) electrons. The second-order valence-corrected chi connectivity index (χ2v) is 8.65. The summed E-state index contributed by atoms with van der Waals surface area (Å²) in [5, 5.41) is 0.154. The molecule has 0 bridgehead atoms. The maximum absolute atomic E-state index is 12.7. The van der Waals surface area contributed by atoms with E-state index in [4.69, 9.17) is 23.2 Å². The lowest BCUT2D eigenvalue weighted by atomic mass is 9.95. The Bertz CT molecular complexity index is 645. The molecule has 21 heavy (non-hydrogen) atoms. The van der Waals surface area contributed by atoms with Crippen LogP contribution >= 0.6 is 39.1 Å². The summed E-state index contributed by atoms with van der Waals surface area (Å²) in [5.41, 5.74) is 0. The second-order valence-electron chi connectivity index (χ2n) is 4.99. The maximum Gasteiger partial charge on any atom is 0.246 e. The van der Waals surface area contributed by atoms with E-state index in [0.29, 0.717) is 30.2 Å². The normalized spacial score (nSPS) is 17.5. The Labute approximate surface area is 142 Å². The molecule has 1 saturated carbocycles. The van der Waals surface area contributed by atoms with Crippen molar-refractivity contribution in [2.75, 3.05) is 7.05 Å². The number of Topliss-reactive ketones (excluding diaryl/α,β-unsaturated/α-hetero) is 1. The molecule has 0 amide bonds. The molecular weight excluding hydrogens is 401 g/mol. The Morgan fingerprint density at radius 3 is 2.14 bits per heavy atom. The second kappa shape index (κ2) is 6.54. The lowest BCUT2D eigenvalue weighted by molar-refractivity contribution is -0.120. The fraction of sp³-hybridized carbons (Fsp3) is 0.462. The lowest BCUT2D eigenvalue weighted by Crippen LogP contribution is -2.39. The van der Waals surface area contributed by atoms with Crippen molar-refractivity contribution in [3.05, 3.63) is 26.7 Å². The third kappa shape index (κ3) is 3.62. The highest BCUT2D eigenvalue weighted by Gasteiger charge is 2.33. The predicted molar refractivity (Wildman–Crippen MR) is 86.4 cm³/mol. The summed E-state index contributed by atoms with van der Waals surface area (Å²) >= 11 is 15.3. The minimum absolute atomic E-state index is 0.0770. The quantitative estimate of drug-likeness (QED) is 0.753. The SMILES string of the molecule is CN(C1CCC(=O)CC1)S(=O)(=O)c1c(Cl)cc(Br)cc1Cl. The zero-order valence-electron chi connectivity index (χ0n) is 11.3. The van der Waals surface area contributed by atoms with E-state index in [1.165, 1.54) is 23.5 Å². The molecule has 1 fully saturated rings. The zero-order chi connectivity index (χ0) is 15.8. The first-order valence-corrected chi connectivity index (χ1v) is 9.36. The molecule has 0 atom stereocenters. The maximum atomic E-state index is 12.7. The van der Waals surface area contributed by atoms with Crippen molar-refractivity contribution < 1.29 is 13.2 Å². The number of carbonyl (C=O) groups is 1. The van der Waals surface area contributed by atoms with Gasteiger partial charge in [0.1, 0.15) is 10.7 Å². The van der Waals surface area contributed by atoms with Gasteiger partial charge >= 0.3 is 0 Å². The van der Waals surface area contributed by atoms with Crippen LogP contribution < -0.4 is 0 Å². The van der Waals surface area contributed by atoms with E-state index in [2.05, 4.69) is 15.9 Å². The summed E-state index contributed by atoms with van der Waals surface area (Å²) in [5.74, 6) is 0.178. The van der Waals surface area contributed by atoms with Crippen molar-refractivity contribution in [2.24, 2.45) is 0 Å². The first-order chi connectivity index (χ1) is 9.73. The molecular formula is C13H14BrCl2NO3S. The molecule has 1 aliphatic rings. The molecule has 0 aromatic heterocycles. The van der Waals surface area contributed by atoms with Gasteiger partial charge in [-0.3, -0.25) is 4.79 Å². The van der Waals surface area contributed by atoms with Gasteiger partial charge in [0.25, 0.3) is 0 Å². The Kier molecular flexibility index (Phi) is 5.36. The van der Waals surface area contributed by atoms with Gasteiger partial charge in [0, 0.05) is 30.4 Å². The number of hydrogen-bond donors (Lipinski definition) is 0. The van der Waals surface area contributed by atoms with Gasteiger partial charge in [-0.15, -0.1) is 0 Å². The van der Waals surface area contributed by atoms with Gasteiger partial charge in [0.05, 0.1) is 10.0 Å². The fourth-order valence-electron chi connectivity index (χ4n) is 2.40. The predicted octanol–water partition coefficient (Wildman–Crippen LogP) is 3.89. The largest absolute Gasteiger partial charge is 0.300 e. The van der Waals surface area contributed by atoms with Crippen molar-refractivity contribution in [2.45, 2.75) is 36.6 Å². The third-order valence-electron chi connectivity index (χ3n) is 3.63. The molecule has 1 aliphatic carbocycles. The summed E-state index contributed by atoms with van der Waals surface area (Å²) in [4.78, 5) is 11.2. The van der Waals surface area contributed by atoms with Gasteiger partial charge < -0.3 is 0 Å². The van der Waals surface area contributed by atoms with E-state index in [9.17, 15) is 13.2 Å². The average molecular weight is 415 g/mol. The number of hydrogen-bond acceptors (Lipinski definition) is 3. The molecule has 0 aliphatic heterocycles. The van der Waals surface area contributed by atoms with Gasteiger partial charge in [0.15, 0.2) is 0 Å². The number of rotatable bonds is 3. The van der Waals surface area contributed by atoms with Gasteiger partial charge in [-0.1, -0.05) is 39.1 Å². The smallest absolute Gasteiger partial charge is 0.246 e. The Balaban J connectivity index is 2.36. The zero-order valence-corrected chi connectivity index (χ0v) is 15.2. The molecule has 8 heteroatoms. The minimum atomic E-state index is -3.80. The Hall–Kier alpha value is -0.140. The van der Waals surface area contributed by atoms with Crippen LogP contribution in [0.3, 0.4) is 0 Å². The molecule has 0 N–H and O–H groups in total. The third-order valence-corrected chi connectivity index (χ3v) is 6.92. The average Bonchev–Trinajstić information content (AvgIpc) is 2.37. The van der Waals surface area contributed by atoms with Crippen molar-refractivity contribution in [1.29, 1.82) is 0 Å². The topological polar surface area (TPSA) is 54.5 Å². The monoisotopic (exact) mass is 413 g/mol. The highest BCUT2D eigenvalue weighted by atomic mass is 79.9. The number of sulfonamides is 1. The van der Waals surface area contributed by atoms with E-state index >= 15 is 0 Å². The molecule has 116 valence electrons. The molecule has 0 unspecified atom stereocenters.